The number of nitrogens with one attached hydrogen (secondary N) is 1. The number of rotatable bonds is 4. The summed E-state index contributed by atoms with van der Waals surface area (Å²) < 4.78 is 13.5. The first kappa shape index (κ1) is 11.6. The van der Waals surface area contributed by atoms with Crippen LogP contribution in [-0.4, -0.2) is 18.3 Å². The van der Waals surface area contributed by atoms with Crippen molar-refractivity contribution >= 4 is 0 Å². The molecule has 0 amide bonds. The number of benzene rings is 1. The van der Waals surface area contributed by atoms with Crippen LogP contribution in [0.3, 0.4) is 0 Å². The van der Waals surface area contributed by atoms with Crippen LogP contribution in [0.15, 0.2) is 18.2 Å². The van der Waals surface area contributed by atoms with Crippen molar-refractivity contribution < 1.29 is 9.50 Å². The second-order valence-electron chi connectivity index (χ2n) is 4.59. The van der Waals surface area contributed by atoms with Crippen molar-refractivity contribution in [3.63, 3.8) is 0 Å². The van der Waals surface area contributed by atoms with Crippen LogP contribution in [0.4, 0.5) is 4.39 Å². The smallest absolute Gasteiger partial charge is 0.126 e. The highest BCUT2D eigenvalue weighted by molar-refractivity contribution is 5.35. The van der Waals surface area contributed by atoms with Gasteiger partial charge in [-0.25, -0.2) is 4.39 Å². The molecule has 0 saturated heterocycles. The minimum atomic E-state index is -0.0861. The second kappa shape index (κ2) is 4.93. The molecule has 2 atom stereocenters. The highest BCUT2D eigenvalue weighted by Gasteiger charge is 2.24. The average Bonchev–Trinajstić information content (AvgIpc) is 2.70. The van der Waals surface area contributed by atoms with E-state index in [1.807, 2.05) is 13.0 Å². The zero-order chi connectivity index (χ0) is 11.5. The second-order valence-corrected chi connectivity index (χ2v) is 4.59. The standard InChI is InChI=1S/C13H18FNO/c1-9(8-16)7-15-13-6-5-10-11(13)3-2-4-12(10)14/h2-4,9,13,15-16H,5-8H2,1H3. The van der Waals surface area contributed by atoms with Crippen LogP contribution in [0, 0.1) is 11.7 Å². The number of aliphatic hydroxyl groups is 1. The summed E-state index contributed by atoms with van der Waals surface area (Å²) >= 11 is 0. The molecule has 2 rings (SSSR count). The SMILES string of the molecule is CC(CO)CNC1CCc2c(F)cccc21. The van der Waals surface area contributed by atoms with Crippen LogP contribution in [0.2, 0.25) is 0 Å². The van der Waals surface area contributed by atoms with E-state index in [9.17, 15) is 4.39 Å². The molecule has 1 aromatic carbocycles. The minimum absolute atomic E-state index is 0.0861. The predicted molar refractivity (Wildman–Crippen MR) is 61.7 cm³/mol. The van der Waals surface area contributed by atoms with Gasteiger partial charge in [0.2, 0.25) is 0 Å². The Hall–Kier alpha value is -0.930. The van der Waals surface area contributed by atoms with Crippen molar-refractivity contribution in [1.82, 2.24) is 5.32 Å². The fraction of sp³-hybridized carbons (Fsp3) is 0.538. The molecule has 2 unspecified atom stereocenters. The average molecular weight is 223 g/mol. The van der Waals surface area contributed by atoms with Gasteiger partial charge in [-0.2, -0.15) is 0 Å². The molecule has 88 valence electrons. The third kappa shape index (κ3) is 2.25. The quantitative estimate of drug-likeness (QED) is 0.818. The van der Waals surface area contributed by atoms with Gasteiger partial charge in [-0.05, 0) is 36.0 Å². The highest BCUT2D eigenvalue weighted by atomic mass is 19.1. The van der Waals surface area contributed by atoms with Gasteiger partial charge in [0.1, 0.15) is 5.82 Å². The van der Waals surface area contributed by atoms with Crippen LogP contribution >= 0.6 is 0 Å². The summed E-state index contributed by atoms with van der Waals surface area (Å²) in [5, 5.41) is 12.3. The molecular formula is C13H18FNO. The molecule has 0 bridgehead atoms. The van der Waals surface area contributed by atoms with Crippen molar-refractivity contribution in [3.05, 3.63) is 35.1 Å². The number of hydrogen-bond acceptors (Lipinski definition) is 2. The topological polar surface area (TPSA) is 32.3 Å². The first-order chi connectivity index (χ1) is 7.72. The van der Waals surface area contributed by atoms with Crippen LogP contribution in [0.5, 0.6) is 0 Å². The molecule has 1 aliphatic carbocycles. The lowest BCUT2D eigenvalue weighted by Gasteiger charge is -2.16. The Bertz CT molecular complexity index is 367. The molecule has 0 aromatic heterocycles. The lowest BCUT2D eigenvalue weighted by molar-refractivity contribution is 0.230. The van der Waals surface area contributed by atoms with E-state index in [0.29, 0.717) is 0 Å². The summed E-state index contributed by atoms with van der Waals surface area (Å²) in [5.74, 6) is 0.162. The van der Waals surface area contributed by atoms with E-state index in [2.05, 4.69) is 5.32 Å². The summed E-state index contributed by atoms with van der Waals surface area (Å²) in [5.41, 5.74) is 1.95. The third-order valence-electron chi connectivity index (χ3n) is 3.24. The number of fused-ring (bicyclic) bond motifs is 1. The van der Waals surface area contributed by atoms with E-state index >= 15 is 0 Å². The van der Waals surface area contributed by atoms with Gasteiger partial charge in [0.05, 0.1) is 0 Å². The first-order valence-electron chi connectivity index (χ1n) is 5.84. The predicted octanol–water partition coefficient (Wildman–Crippen LogP) is 2.03. The van der Waals surface area contributed by atoms with Gasteiger partial charge in [0.25, 0.3) is 0 Å². The van der Waals surface area contributed by atoms with E-state index in [0.717, 1.165) is 30.5 Å². The minimum Gasteiger partial charge on any atom is -0.396 e. The molecule has 0 fully saturated rings. The first-order valence-corrected chi connectivity index (χ1v) is 5.84. The molecular weight excluding hydrogens is 205 g/mol. The van der Waals surface area contributed by atoms with Crippen molar-refractivity contribution in [2.24, 2.45) is 5.92 Å². The number of aliphatic hydroxyl groups excluding tert-OH is 1. The van der Waals surface area contributed by atoms with Gasteiger partial charge in [-0.15, -0.1) is 0 Å². The van der Waals surface area contributed by atoms with Crippen molar-refractivity contribution in [2.75, 3.05) is 13.2 Å². The fourth-order valence-electron chi connectivity index (χ4n) is 2.23. The zero-order valence-electron chi connectivity index (χ0n) is 9.54. The van der Waals surface area contributed by atoms with E-state index in [-0.39, 0.29) is 24.4 Å². The molecule has 2 N–H and O–H groups in total. The van der Waals surface area contributed by atoms with Crippen LogP contribution < -0.4 is 5.32 Å². The largest absolute Gasteiger partial charge is 0.396 e. The molecule has 3 heteroatoms. The Kier molecular flexibility index (Phi) is 3.56. The molecule has 16 heavy (non-hydrogen) atoms. The monoisotopic (exact) mass is 223 g/mol. The zero-order valence-corrected chi connectivity index (χ0v) is 9.54. The van der Waals surface area contributed by atoms with E-state index in [4.69, 9.17) is 5.11 Å². The maximum atomic E-state index is 13.5. The molecule has 0 radical (unpaired) electrons. The molecule has 0 aliphatic heterocycles. The Morgan fingerprint density at radius 2 is 2.38 bits per heavy atom. The van der Waals surface area contributed by atoms with E-state index in [1.54, 1.807) is 6.07 Å². The van der Waals surface area contributed by atoms with E-state index in [1.165, 1.54) is 6.07 Å². The molecule has 2 nitrogen and oxygen atoms in total. The van der Waals surface area contributed by atoms with Gasteiger partial charge < -0.3 is 10.4 Å². The van der Waals surface area contributed by atoms with Gasteiger partial charge in [-0.3, -0.25) is 0 Å². The lowest BCUT2D eigenvalue weighted by atomic mass is 10.1. The highest BCUT2D eigenvalue weighted by Crippen LogP contribution is 2.32. The summed E-state index contributed by atoms with van der Waals surface area (Å²) in [4.78, 5) is 0. The Morgan fingerprint density at radius 1 is 1.56 bits per heavy atom. The van der Waals surface area contributed by atoms with Crippen LogP contribution in [-0.2, 0) is 6.42 Å². The normalized spacial score (nSPS) is 20.8. The number of halogens is 1. The van der Waals surface area contributed by atoms with Crippen molar-refractivity contribution in [3.8, 4) is 0 Å². The molecule has 0 heterocycles. The maximum Gasteiger partial charge on any atom is 0.126 e. The summed E-state index contributed by atoms with van der Waals surface area (Å²) in [6.07, 6.45) is 1.77. The third-order valence-corrected chi connectivity index (χ3v) is 3.24. The van der Waals surface area contributed by atoms with Gasteiger partial charge >= 0.3 is 0 Å². The van der Waals surface area contributed by atoms with Gasteiger partial charge in [0.15, 0.2) is 0 Å². The van der Waals surface area contributed by atoms with Gasteiger partial charge in [0, 0.05) is 19.2 Å². The van der Waals surface area contributed by atoms with Crippen molar-refractivity contribution in [1.29, 1.82) is 0 Å². The summed E-state index contributed by atoms with van der Waals surface area (Å²) in [7, 11) is 0. The number of hydrogen-bond donors (Lipinski definition) is 2. The Labute approximate surface area is 95.5 Å². The molecule has 1 aliphatic rings. The van der Waals surface area contributed by atoms with Gasteiger partial charge in [-0.1, -0.05) is 19.1 Å². The lowest BCUT2D eigenvalue weighted by Crippen LogP contribution is -2.26. The Balaban J connectivity index is 2.03. The fourth-order valence-corrected chi connectivity index (χ4v) is 2.23. The van der Waals surface area contributed by atoms with Crippen molar-refractivity contribution in [2.45, 2.75) is 25.8 Å². The van der Waals surface area contributed by atoms with Crippen LogP contribution in [0.25, 0.3) is 0 Å². The van der Waals surface area contributed by atoms with E-state index < -0.39 is 0 Å². The van der Waals surface area contributed by atoms with Crippen LogP contribution in [0.1, 0.15) is 30.5 Å². The molecule has 0 saturated carbocycles. The molecule has 1 aromatic rings. The maximum absolute atomic E-state index is 13.5. The summed E-state index contributed by atoms with van der Waals surface area (Å²) in [6, 6.07) is 5.54. The summed E-state index contributed by atoms with van der Waals surface area (Å²) in [6.45, 7) is 2.96. The Morgan fingerprint density at radius 3 is 3.12 bits per heavy atom. The molecule has 0 spiro atoms.